The third kappa shape index (κ3) is 1.47. The first-order chi connectivity index (χ1) is 5.43. The van der Waals surface area contributed by atoms with E-state index in [4.69, 9.17) is 5.26 Å². The van der Waals surface area contributed by atoms with Gasteiger partial charge in [0.05, 0.1) is 6.07 Å². The first-order valence-electron chi connectivity index (χ1n) is 4.60. The highest BCUT2D eigenvalue weighted by Gasteiger charge is 2.43. The average molecular weight is 166 g/mol. The van der Waals surface area contributed by atoms with Crippen molar-refractivity contribution in [3.63, 3.8) is 0 Å². The average Bonchev–Trinajstić information content (AvgIpc) is 1.99. The van der Waals surface area contributed by atoms with Gasteiger partial charge in [0, 0.05) is 13.1 Å². The Bertz CT molecular complexity index is 206. The van der Waals surface area contributed by atoms with Crippen molar-refractivity contribution in [2.45, 2.75) is 39.7 Å². The van der Waals surface area contributed by atoms with E-state index in [-0.39, 0.29) is 5.54 Å². The molecule has 0 N–H and O–H groups in total. The Balaban J connectivity index is 2.57. The summed E-state index contributed by atoms with van der Waals surface area (Å²) in [5.74, 6) is 0. The molecule has 0 bridgehead atoms. The molecule has 1 fully saturated rings. The van der Waals surface area contributed by atoms with Crippen molar-refractivity contribution in [3.8, 4) is 6.07 Å². The van der Waals surface area contributed by atoms with Gasteiger partial charge in [0.1, 0.15) is 5.54 Å². The Kier molecular flexibility index (Phi) is 2.18. The molecule has 0 spiro atoms. The second kappa shape index (κ2) is 2.74. The predicted molar refractivity (Wildman–Crippen MR) is 49.7 cm³/mol. The molecule has 12 heavy (non-hydrogen) atoms. The van der Waals surface area contributed by atoms with Crippen LogP contribution < -0.4 is 0 Å². The summed E-state index contributed by atoms with van der Waals surface area (Å²) in [4.78, 5) is 2.27. The number of nitriles is 1. The van der Waals surface area contributed by atoms with E-state index < -0.39 is 0 Å². The van der Waals surface area contributed by atoms with Crippen LogP contribution in [0.15, 0.2) is 0 Å². The molecule has 1 rings (SSSR count). The van der Waals surface area contributed by atoms with Crippen LogP contribution in [-0.4, -0.2) is 23.5 Å². The molecule has 1 atom stereocenters. The summed E-state index contributed by atoms with van der Waals surface area (Å²) in [5, 5.41) is 9.00. The van der Waals surface area contributed by atoms with Gasteiger partial charge in [-0.25, -0.2) is 0 Å². The van der Waals surface area contributed by atoms with E-state index in [0.29, 0.717) is 5.41 Å². The Morgan fingerprint density at radius 1 is 1.50 bits per heavy atom. The van der Waals surface area contributed by atoms with Crippen LogP contribution in [0.2, 0.25) is 0 Å². The van der Waals surface area contributed by atoms with E-state index in [1.54, 1.807) is 0 Å². The molecule has 2 heteroatoms. The number of hydrogen-bond donors (Lipinski definition) is 0. The lowest BCUT2D eigenvalue weighted by Gasteiger charge is -2.52. The third-order valence-corrected chi connectivity index (χ3v) is 2.87. The van der Waals surface area contributed by atoms with Crippen LogP contribution in [0.3, 0.4) is 0 Å². The van der Waals surface area contributed by atoms with E-state index in [9.17, 15) is 0 Å². The highest BCUT2D eigenvalue weighted by Crippen LogP contribution is 2.35. The maximum absolute atomic E-state index is 9.00. The van der Waals surface area contributed by atoms with Crippen LogP contribution in [0.1, 0.15) is 34.1 Å². The summed E-state index contributed by atoms with van der Waals surface area (Å²) >= 11 is 0. The standard InChI is InChI=1S/C10H18N2/c1-5-10(4,6-11)12-7-9(2,3)8-12/h5,7-8H2,1-4H3. The summed E-state index contributed by atoms with van der Waals surface area (Å²) in [5.41, 5.74) is 0.197. The fraction of sp³-hybridized carbons (Fsp3) is 0.900. The molecule has 0 aromatic heterocycles. The van der Waals surface area contributed by atoms with Gasteiger partial charge in [-0.3, -0.25) is 4.90 Å². The van der Waals surface area contributed by atoms with Gasteiger partial charge in [-0.05, 0) is 18.8 Å². The van der Waals surface area contributed by atoms with Gasteiger partial charge in [0.15, 0.2) is 0 Å². The second-order valence-corrected chi connectivity index (χ2v) is 4.76. The number of rotatable bonds is 2. The molecule has 1 unspecified atom stereocenters. The second-order valence-electron chi connectivity index (χ2n) is 4.76. The SMILES string of the molecule is CCC(C)(C#N)N1CC(C)(C)C1. The van der Waals surface area contributed by atoms with Crippen LogP contribution in [0.5, 0.6) is 0 Å². The molecule has 0 aliphatic carbocycles. The van der Waals surface area contributed by atoms with Gasteiger partial charge < -0.3 is 0 Å². The summed E-state index contributed by atoms with van der Waals surface area (Å²) in [6.45, 7) is 10.7. The van der Waals surface area contributed by atoms with E-state index in [1.807, 2.05) is 6.92 Å². The van der Waals surface area contributed by atoms with Gasteiger partial charge in [0.2, 0.25) is 0 Å². The zero-order valence-corrected chi connectivity index (χ0v) is 8.52. The lowest BCUT2D eigenvalue weighted by Crippen LogP contribution is -2.61. The molecule has 0 aromatic rings. The van der Waals surface area contributed by atoms with Crippen molar-refractivity contribution < 1.29 is 0 Å². The van der Waals surface area contributed by atoms with Crippen molar-refractivity contribution in [2.75, 3.05) is 13.1 Å². The smallest absolute Gasteiger partial charge is 0.106 e. The molecule has 0 amide bonds. The summed E-state index contributed by atoms with van der Waals surface area (Å²) < 4.78 is 0. The number of nitrogens with zero attached hydrogens (tertiary/aromatic N) is 2. The van der Waals surface area contributed by atoms with Crippen LogP contribution >= 0.6 is 0 Å². The number of hydrogen-bond acceptors (Lipinski definition) is 2. The topological polar surface area (TPSA) is 27.0 Å². The zero-order valence-electron chi connectivity index (χ0n) is 8.52. The molecule has 1 heterocycles. The molecule has 0 saturated carbocycles. The van der Waals surface area contributed by atoms with Gasteiger partial charge in [-0.1, -0.05) is 20.8 Å². The molecule has 0 aromatic carbocycles. The van der Waals surface area contributed by atoms with Crippen LogP contribution in [0, 0.1) is 16.7 Å². The van der Waals surface area contributed by atoms with Crippen molar-refractivity contribution in [1.29, 1.82) is 5.26 Å². The van der Waals surface area contributed by atoms with Gasteiger partial charge in [-0.15, -0.1) is 0 Å². The summed E-state index contributed by atoms with van der Waals surface area (Å²) in [7, 11) is 0. The minimum Gasteiger partial charge on any atom is -0.285 e. The van der Waals surface area contributed by atoms with E-state index >= 15 is 0 Å². The van der Waals surface area contributed by atoms with Crippen LogP contribution in [0.4, 0.5) is 0 Å². The number of likely N-dealkylation sites (tertiary alicyclic amines) is 1. The van der Waals surface area contributed by atoms with Gasteiger partial charge in [-0.2, -0.15) is 5.26 Å². The third-order valence-electron chi connectivity index (χ3n) is 2.87. The van der Waals surface area contributed by atoms with Crippen LogP contribution in [-0.2, 0) is 0 Å². The predicted octanol–water partition coefficient (Wildman–Crippen LogP) is 2.02. The Morgan fingerprint density at radius 3 is 2.25 bits per heavy atom. The minimum atomic E-state index is -0.227. The highest BCUT2D eigenvalue weighted by molar-refractivity contribution is 5.09. The lowest BCUT2D eigenvalue weighted by atomic mass is 9.79. The van der Waals surface area contributed by atoms with Crippen molar-refractivity contribution in [3.05, 3.63) is 0 Å². The first kappa shape index (κ1) is 9.54. The largest absolute Gasteiger partial charge is 0.285 e. The maximum atomic E-state index is 9.00. The van der Waals surface area contributed by atoms with E-state index in [0.717, 1.165) is 19.5 Å². The minimum absolute atomic E-state index is 0.227. The molecule has 1 saturated heterocycles. The monoisotopic (exact) mass is 166 g/mol. The zero-order chi connectivity index (χ0) is 9.41. The highest BCUT2D eigenvalue weighted by atomic mass is 15.3. The normalized spacial score (nSPS) is 26.9. The molecule has 1 aliphatic rings. The van der Waals surface area contributed by atoms with E-state index in [1.165, 1.54) is 0 Å². The lowest BCUT2D eigenvalue weighted by molar-refractivity contribution is -0.0299. The molecule has 2 nitrogen and oxygen atoms in total. The fourth-order valence-electron chi connectivity index (χ4n) is 1.71. The van der Waals surface area contributed by atoms with Crippen LogP contribution in [0.25, 0.3) is 0 Å². The Hall–Kier alpha value is -0.550. The van der Waals surface area contributed by atoms with Crippen molar-refractivity contribution >= 4 is 0 Å². The first-order valence-corrected chi connectivity index (χ1v) is 4.60. The molecular formula is C10H18N2. The Labute approximate surface area is 75.2 Å². The van der Waals surface area contributed by atoms with E-state index in [2.05, 4.69) is 31.7 Å². The van der Waals surface area contributed by atoms with Crippen molar-refractivity contribution in [2.24, 2.45) is 5.41 Å². The van der Waals surface area contributed by atoms with Crippen molar-refractivity contribution in [1.82, 2.24) is 4.90 Å². The quantitative estimate of drug-likeness (QED) is 0.627. The molecule has 1 aliphatic heterocycles. The Morgan fingerprint density at radius 2 is 2.00 bits per heavy atom. The summed E-state index contributed by atoms with van der Waals surface area (Å²) in [6, 6.07) is 2.39. The van der Waals surface area contributed by atoms with Gasteiger partial charge in [0.25, 0.3) is 0 Å². The molecular weight excluding hydrogens is 148 g/mol. The molecule has 68 valence electrons. The molecule has 0 radical (unpaired) electrons. The van der Waals surface area contributed by atoms with Gasteiger partial charge >= 0.3 is 0 Å². The fourth-order valence-corrected chi connectivity index (χ4v) is 1.71. The maximum Gasteiger partial charge on any atom is 0.106 e. The summed E-state index contributed by atoms with van der Waals surface area (Å²) in [6.07, 6.45) is 0.916.